The Labute approximate surface area is 159 Å². The standard InChI is InChI=1S/C19H17IN4O/c1-24-12-15(10-14-6-2-3-8-17(14)24)18(25)23-19(21)22-11-13-5-4-7-16(20)9-13/h2-10,12H,11H2,1H3,(H2-,21,22,23,25)/p+1/i1-1. The number of guanidine groups is 1. The average molecular weight is 444 g/mol. The number of carbonyl (C=O) groups excluding carboxylic acids is 1. The molecule has 3 aromatic rings. The number of fused-ring (bicyclic) bond motifs is 1. The molecule has 3 N–H and O–H groups in total. The van der Waals surface area contributed by atoms with E-state index in [9.17, 15) is 4.79 Å². The van der Waals surface area contributed by atoms with E-state index in [0.717, 1.165) is 20.0 Å². The van der Waals surface area contributed by atoms with Crippen LogP contribution in [0, 0.1) is 3.57 Å². The molecule has 0 aliphatic heterocycles. The van der Waals surface area contributed by atoms with E-state index < -0.39 is 0 Å². The predicted octanol–water partition coefficient (Wildman–Crippen LogP) is 2.51. The van der Waals surface area contributed by atoms with E-state index in [1.807, 2.05) is 66.2 Å². The molecular formula is C19H18IN4O+. The van der Waals surface area contributed by atoms with E-state index in [-0.39, 0.29) is 11.9 Å². The number of hydrogen-bond acceptors (Lipinski definition) is 2. The van der Waals surface area contributed by atoms with Gasteiger partial charge in [-0.3, -0.25) is 10.1 Å². The Kier molecular flexibility index (Phi) is 5.28. The topological polar surface area (TPSA) is 71.4 Å². The van der Waals surface area contributed by atoms with Crippen molar-refractivity contribution in [1.82, 2.24) is 5.32 Å². The number of pyridine rings is 1. The van der Waals surface area contributed by atoms with Gasteiger partial charge in [0, 0.05) is 15.0 Å². The molecule has 1 aromatic heterocycles. The van der Waals surface area contributed by atoms with Gasteiger partial charge in [-0.25, -0.2) is 9.56 Å². The predicted molar refractivity (Wildman–Crippen MR) is 107 cm³/mol. The molecular weight excluding hydrogens is 426 g/mol. The maximum Gasteiger partial charge on any atom is 0.264 e. The van der Waals surface area contributed by atoms with E-state index in [1.165, 1.54) is 0 Å². The number of hydrogen-bond donors (Lipinski definition) is 2. The number of nitrogens with two attached hydrogens (primary N) is 1. The number of carbonyl (C=O) groups is 1. The van der Waals surface area contributed by atoms with Gasteiger partial charge in [0.2, 0.25) is 5.52 Å². The Bertz CT molecular complexity index is 969. The monoisotopic (exact) mass is 444 g/mol. The van der Waals surface area contributed by atoms with Gasteiger partial charge in [0.05, 0.1) is 6.54 Å². The molecule has 0 saturated heterocycles. The summed E-state index contributed by atoms with van der Waals surface area (Å²) in [7, 11) is 1.91. The van der Waals surface area contributed by atoms with Crippen LogP contribution in [0.3, 0.4) is 0 Å². The quantitative estimate of drug-likeness (QED) is 0.282. The van der Waals surface area contributed by atoms with E-state index in [4.69, 9.17) is 5.73 Å². The molecule has 0 radical (unpaired) electrons. The van der Waals surface area contributed by atoms with Crippen molar-refractivity contribution < 1.29 is 9.36 Å². The number of amides is 1. The van der Waals surface area contributed by atoms with Gasteiger partial charge in [-0.2, -0.15) is 0 Å². The molecule has 2 aromatic carbocycles. The Morgan fingerprint density at radius 1 is 1.20 bits per heavy atom. The fourth-order valence-corrected chi connectivity index (χ4v) is 3.19. The first-order valence-corrected chi connectivity index (χ1v) is 8.85. The number of nitrogens with zero attached hydrogens (tertiary/aromatic N) is 2. The van der Waals surface area contributed by atoms with Gasteiger partial charge in [-0.05, 0) is 52.4 Å². The van der Waals surface area contributed by atoms with Gasteiger partial charge in [0.1, 0.15) is 12.6 Å². The first-order chi connectivity index (χ1) is 12.0. The fraction of sp³-hybridized carbons (Fsp3) is 0.105. The highest BCUT2D eigenvalue weighted by molar-refractivity contribution is 14.1. The second kappa shape index (κ2) is 7.60. The first kappa shape index (κ1) is 17.3. The molecule has 0 bridgehead atoms. The summed E-state index contributed by atoms with van der Waals surface area (Å²) in [5, 5.41) is 3.64. The van der Waals surface area contributed by atoms with Crippen LogP contribution in [0.15, 0.2) is 65.8 Å². The molecule has 0 spiro atoms. The third kappa shape index (κ3) is 4.33. The van der Waals surface area contributed by atoms with Gasteiger partial charge in [0.15, 0.2) is 12.2 Å². The number of nitrogens with one attached hydrogen (secondary N) is 1. The summed E-state index contributed by atoms with van der Waals surface area (Å²) in [6.45, 7) is 0.425. The lowest BCUT2D eigenvalue weighted by Gasteiger charge is -2.05. The maximum absolute atomic E-state index is 12.4. The van der Waals surface area contributed by atoms with Crippen LogP contribution in [0.1, 0.15) is 15.9 Å². The van der Waals surface area contributed by atoms with Crippen molar-refractivity contribution in [3.05, 3.63) is 75.5 Å². The molecule has 0 aliphatic rings. The lowest BCUT2D eigenvalue weighted by molar-refractivity contribution is -0.645. The summed E-state index contributed by atoms with van der Waals surface area (Å²) in [6.07, 6.45) is 1.78. The number of halogens is 1. The Hall–Kier alpha value is -2.48. The van der Waals surface area contributed by atoms with E-state index >= 15 is 0 Å². The molecule has 25 heavy (non-hydrogen) atoms. The van der Waals surface area contributed by atoms with Crippen molar-refractivity contribution in [2.75, 3.05) is 0 Å². The van der Waals surface area contributed by atoms with Gasteiger partial charge in [-0.1, -0.05) is 24.3 Å². The number of para-hydroxylation sites is 1. The minimum absolute atomic E-state index is 0.111. The zero-order valence-corrected chi connectivity index (χ0v) is 15.9. The maximum atomic E-state index is 12.4. The molecule has 0 saturated carbocycles. The molecule has 1 heterocycles. The van der Waals surface area contributed by atoms with Crippen LogP contribution in [0.25, 0.3) is 10.9 Å². The largest absolute Gasteiger partial charge is 0.370 e. The van der Waals surface area contributed by atoms with Gasteiger partial charge < -0.3 is 5.73 Å². The van der Waals surface area contributed by atoms with Crippen molar-refractivity contribution in [3.63, 3.8) is 0 Å². The molecule has 0 aliphatic carbocycles. The van der Waals surface area contributed by atoms with Crippen LogP contribution in [0.4, 0.5) is 0 Å². The third-order valence-electron chi connectivity index (χ3n) is 3.79. The molecule has 0 unspecified atom stereocenters. The van der Waals surface area contributed by atoms with E-state index in [1.54, 1.807) is 6.20 Å². The van der Waals surface area contributed by atoms with Crippen molar-refractivity contribution >= 4 is 45.4 Å². The molecule has 0 fully saturated rings. The highest BCUT2D eigenvalue weighted by Crippen LogP contribution is 2.11. The van der Waals surface area contributed by atoms with Gasteiger partial charge in [0.25, 0.3) is 5.91 Å². The molecule has 5 nitrogen and oxygen atoms in total. The van der Waals surface area contributed by atoms with Crippen molar-refractivity contribution in [3.8, 4) is 0 Å². The Balaban J connectivity index is 1.74. The first-order valence-electron chi connectivity index (χ1n) is 7.77. The van der Waals surface area contributed by atoms with E-state index in [2.05, 4.69) is 32.9 Å². The third-order valence-corrected chi connectivity index (χ3v) is 4.46. The summed E-state index contributed by atoms with van der Waals surface area (Å²) < 4.78 is 3.06. The SMILES string of the molecule is [11CH3][n+]1cc(C(=O)NC(N)=NCc2cccc(I)c2)cc2ccccc21. The molecule has 0 atom stereocenters. The summed E-state index contributed by atoms with van der Waals surface area (Å²) in [5.41, 5.74) is 8.49. The molecule has 1 amide bonds. The number of aliphatic imine (C=N–C) groups is 1. The summed E-state index contributed by atoms with van der Waals surface area (Å²) in [4.78, 5) is 16.7. The average Bonchev–Trinajstić information content (AvgIpc) is 2.60. The van der Waals surface area contributed by atoms with Crippen molar-refractivity contribution in [2.24, 2.45) is 17.8 Å². The van der Waals surface area contributed by atoms with Crippen LogP contribution in [0.2, 0.25) is 0 Å². The molecule has 126 valence electrons. The molecule has 6 heteroatoms. The fourth-order valence-electron chi connectivity index (χ4n) is 2.58. The van der Waals surface area contributed by atoms with Crippen LogP contribution in [-0.2, 0) is 13.6 Å². The van der Waals surface area contributed by atoms with Crippen LogP contribution >= 0.6 is 22.6 Å². The van der Waals surface area contributed by atoms with Crippen molar-refractivity contribution in [1.29, 1.82) is 0 Å². The van der Waals surface area contributed by atoms with Gasteiger partial charge >= 0.3 is 0 Å². The Morgan fingerprint density at radius 2 is 2.00 bits per heavy atom. The zero-order valence-electron chi connectivity index (χ0n) is 13.7. The molecule has 3 rings (SSSR count). The van der Waals surface area contributed by atoms with Crippen LogP contribution < -0.4 is 15.6 Å². The zero-order chi connectivity index (χ0) is 17.8. The van der Waals surface area contributed by atoms with Crippen LogP contribution in [-0.4, -0.2) is 11.9 Å². The minimum atomic E-state index is -0.273. The highest BCUT2D eigenvalue weighted by atomic mass is 127. The highest BCUT2D eigenvalue weighted by Gasteiger charge is 2.14. The summed E-state index contributed by atoms with van der Waals surface area (Å²) in [5.74, 6) is -0.162. The minimum Gasteiger partial charge on any atom is -0.370 e. The van der Waals surface area contributed by atoms with E-state index in [0.29, 0.717) is 12.1 Å². The summed E-state index contributed by atoms with van der Waals surface area (Å²) in [6, 6.07) is 17.7. The van der Waals surface area contributed by atoms with Crippen molar-refractivity contribution in [2.45, 2.75) is 6.54 Å². The normalized spacial score (nSPS) is 11.5. The second-order valence-corrected chi connectivity index (χ2v) is 6.93. The number of benzene rings is 2. The van der Waals surface area contributed by atoms with Gasteiger partial charge in [-0.15, -0.1) is 0 Å². The number of rotatable bonds is 3. The summed E-state index contributed by atoms with van der Waals surface area (Å²) >= 11 is 2.25. The second-order valence-electron chi connectivity index (χ2n) is 5.68. The van der Waals surface area contributed by atoms with Crippen LogP contribution in [0.5, 0.6) is 0 Å². The number of aromatic nitrogens is 1. The smallest absolute Gasteiger partial charge is 0.264 e. The Morgan fingerprint density at radius 3 is 2.80 bits per heavy atom. The lowest BCUT2D eigenvalue weighted by atomic mass is 10.1. The lowest BCUT2D eigenvalue weighted by Crippen LogP contribution is -2.38. The number of aryl methyl sites for hydroxylation is 1.